The Labute approximate surface area is 431 Å². The summed E-state index contributed by atoms with van der Waals surface area (Å²) >= 11 is 0. The second kappa shape index (κ2) is 31.5. The van der Waals surface area contributed by atoms with Crippen molar-refractivity contribution >= 4 is 53.2 Å². The summed E-state index contributed by atoms with van der Waals surface area (Å²) in [5.41, 5.74) is 0.837. The van der Waals surface area contributed by atoms with E-state index in [9.17, 15) is 43.2 Å². The molecule has 1 fully saturated rings. The quantitative estimate of drug-likeness (QED) is 0.0476. The first kappa shape index (κ1) is 63.0. The number of methoxy groups -OCH3 is 4. The molecule has 0 aliphatic carbocycles. The average Bonchev–Trinajstić information content (AvgIpc) is 3.85. The summed E-state index contributed by atoms with van der Waals surface area (Å²) < 4.78 is 21.6. The Morgan fingerprint density at radius 1 is 0.781 bits per heavy atom. The Morgan fingerprint density at radius 3 is 1.96 bits per heavy atom. The monoisotopic (exact) mass is 1030 g/mol. The number of ether oxygens (including phenoxy) is 4. The molecular formula is C52H82N8O13. The Morgan fingerprint density at radius 2 is 1.41 bits per heavy atom. The van der Waals surface area contributed by atoms with Crippen LogP contribution in [0.25, 0.3) is 0 Å². The number of likely N-dealkylation sites (tertiary alicyclic amines) is 1. The molecule has 21 nitrogen and oxygen atoms in total. The molecule has 1 aromatic rings. The molecule has 1 aromatic carbocycles. The Kier molecular flexibility index (Phi) is 27.2. The minimum absolute atomic E-state index is 0.0308. The standard InChI is InChI=1S/C52H82N8O13/c1-15-43(63)59(27-23-41(61)53-25-29-70-11)28-24-42(62)54-35(7)50(67)58(10)46(33(4)5)49(66)56-45(32(2)3)51(68)57(9)36(8)40(71-12)31-44(64)60-26-19-22-39(60)47(72-13)34(6)48(65)55-38(52(69)73-14)30-37-20-17-16-18-21-37/h1,16-18,20-21,32-36,38-40,45-47H,19,22-31H2,2-14H3,(H,53,61)(H,54,62)(H,55,65)(H,56,66)/t34-,35?,36+,38+,39+,40-,45+,46-,47-/m1/s1. The minimum Gasteiger partial charge on any atom is -0.467 e. The molecule has 0 aromatic heterocycles. The topological polar surface area (TPSA) is 252 Å². The smallest absolute Gasteiger partial charge is 0.328 e. The lowest BCUT2D eigenvalue weighted by Gasteiger charge is -2.38. The molecule has 408 valence electrons. The summed E-state index contributed by atoms with van der Waals surface area (Å²) in [6.07, 6.45) is 4.87. The summed E-state index contributed by atoms with van der Waals surface area (Å²) in [6, 6.07) is 3.95. The Balaban J connectivity index is 2.13. The number of likely N-dealkylation sites (N-methyl/N-ethyl adjacent to an activating group) is 2. The van der Waals surface area contributed by atoms with Gasteiger partial charge in [0.25, 0.3) is 5.91 Å². The van der Waals surface area contributed by atoms with Gasteiger partial charge in [-0.15, -0.1) is 6.42 Å². The molecule has 0 saturated carbocycles. The number of terminal acetylenes is 1. The van der Waals surface area contributed by atoms with Crippen LogP contribution in [0.15, 0.2) is 30.3 Å². The van der Waals surface area contributed by atoms with Gasteiger partial charge in [-0.25, -0.2) is 4.79 Å². The number of amides is 8. The van der Waals surface area contributed by atoms with Gasteiger partial charge < -0.3 is 59.8 Å². The summed E-state index contributed by atoms with van der Waals surface area (Å²) in [4.78, 5) is 126. The predicted octanol–water partition coefficient (Wildman–Crippen LogP) is 0.914. The molecule has 0 spiro atoms. The maximum Gasteiger partial charge on any atom is 0.328 e. The maximum absolute atomic E-state index is 14.3. The van der Waals surface area contributed by atoms with Gasteiger partial charge in [-0.05, 0) is 50.0 Å². The molecule has 1 aliphatic rings. The third kappa shape index (κ3) is 19.0. The number of benzene rings is 1. The molecule has 9 atom stereocenters. The molecule has 0 radical (unpaired) electrons. The van der Waals surface area contributed by atoms with Crippen molar-refractivity contribution in [3.8, 4) is 12.3 Å². The van der Waals surface area contributed by atoms with E-state index in [1.54, 1.807) is 53.5 Å². The number of nitrogens with one attached hydrogen (secondary N) is 4. The van der Waals surface area contributed by atoms with Gasteiger partial charge in [-0.2, -0.15) is 0 Å². The van der Waals surface area contributed by atoms with Crippen LogP contribution in [0.4, 0.5) is 0 Å². The van der Waals surface area contributed by atoms with Crippen LogP contribution >= 0.6 is 0 Å². The van der Waals surface area contributed by atoms with Gasteiger partial charge in [0.15, 0.2) is 0 Å². The van der Waals surface area contributed by atoms with Crippen LogP contribution in [0.5, 0.6) is 0 Å². The van der Waals surface area contributed by atoms with Gasteiger partial charge in [-0.3, -0.25) is 38.4 Å². The van der Waals surface area contributed by atoms with Gasteiger partial charge in [0.2, 0.25) is 41.4 Å². The second-order valence-electron chi connectivity index (χ2n) is 19.2. The fourth-order valence-electron chi connectivity index (χ4n) is 8.94. The van der Waals surface area contributed by atoms with E-state index in [0.717, 1.165) is 5.56 Å². The van der Waals surface area contributed by atoms with Crippen molar-refractivity contribution < 1.29 is 62.1 Å². The summed E-state index contributed by atoms with van der Waals surface area (Å²) in [6.45, 7) is 12.8. The van der Waals surface area contributed by atoms with Crippen LogP contribution < -0.4 is 21.3 Å². The molecule has 4 N–H and O–H groups in total. The minimum atomic E-state index is -1.09. The van der Waals surface area contributed by atoms with Crippen molar-refractivity contribution in [1.82, 2.24) is 40.9 Å². The number of nitrogens with zero attached hydrogens (tertiary/aromatic N) is 4. The molecule has 1 saturated heterocycles. The zero-order chi connectivity index (χ0) is 55.1. The Bertz CT molecular complexity index is 2050. The normalized spacial score (nSPS) is 16.6. The van der Waals surface area contributed by atoms with Gasteiger partial charge >= 0.3 is 5.97 Å². The van der Waals surface area contributed by atoms with Gasteiger partial charge in [0, 0.05) is 80.9 Å². The number of hydrogen-bond acceptors (Lipinski definition) is 13. The van der Waals surface area contributed by atoms with Crippen LogP contribution in [0.1, 0.15) is 86.1 Å². The Hall–Kier alpha value is -6.11. The molecule has 1 aliphatic heterocycles. The summed E-state index contributed by atoms with van der Waals surface area (Å²) in [5.74, 6) is -4.15. The predicted molar refractivity (Wildman–Crippen MR) is 272 cm³/mol. The van der Waals surface area contributed by atoms with Gasteiger partial charge in [0.05, 0.1) is 50.3 Å². The zero-order valence-corrected chi connectivity index (χ0v) is 45.2. The average molecular weight is 1030 g/mol. The SMILES string of the molecule is C#CC(=O)N(CCC(=O)NCCOC)CCC(=O)NC(C)C(=O)N(C)[C@@H](C(=O)N[C@H](C(=O)N(C)[C@@H](C)[C@@H](CC(=O)N1CCC[C@H]1[C@H](OC)[C@@H](C)C(=O)N[C@@H](Cc1ccccc1)C(=O)OC)OC)C(C)C)C(C)C. The van der Waals surface area contributed by atoms with Crippen molar-refractivity contribution in [3.05, 3.63) is 35.9 Å². The maximum atomic E-state index is 14.3. The fraction of sp³-hybridized carbons (Fsp3) is 0.673. The lowest BCUT2D eigenvalue weighted by molar-refractivity contribution is -0.148. The zero-order valence-electron chi connectivity index (χ0n) is 45.2. The molecule has 8 amide bonds. The van der Waals surface area contributed by atoms with E-state index in [1.165, 1.54) is 57.1 Å². The van der Waals surface area contributed by atoms with E-state index in [2.05, 4.69) is 21.3 Å². The van der Waals surface area contributed by atoms with E-state index in [0.29, 0.717) is 32.5 Å². The van der Waals surface area contributed by atoms with E-state index < -0.39 is 108 Å². The van der Waals surface area contributed by atoms with E-state index >= 15 is 0 Å². The lowest BCUT2D eigenvalue weighted by Crippen LogP contribution is -2.60. The highest BCUT2D eigenvalue weighted by atomic mass is 16.5. The number of carbonyl (C=O) groups excluding carboxylic acids is 9. The largest absolute Gasteiger partial charge is 0.467 e. The number of carbonyl (C=O) groups is 9. The van der Waals surface area contributed by atoms with E-state index in [-0.39, 0.29) is 50.6 Å². The van der Waals surface area contributed by atoms with Gasteiger partial charge in [-0.1, -0.05) is 65.0 Å². The molecule has 2 rings (SSSR count). The van der Waals surface area contributed by atoms with Crippen LogP contribution in [-0.2, 0) is 68.5 Å². The highest BCUT2D eigenvalue weighted by Crippen LogP contribution is 2.28. The van der Waals surface area contributed by atoms with Crippen molar-refractivity contribution in [3.63, 3.8) is 0 Å². The molecule has 1 heterocycles. The fourth-order valence-corrected chi connectivity index (χ4v) is 8.94. The van der Waals surface area contributed by atoms with Crippen molar-refractivity contribution in [1.29, 1.82) is 0 Å². The molecule has 21 heteroatoms. The lowest BCUT2D eigenvalue weighted by atomic mass is 9.93. The van der Waals surface area contributed by atoms with Gasteiger partial charge in [0.1, 0.15) is 24.2 Å². The highest BCUT2D eigenvalue weighted by Gasteiger charge is 2.43. The third-order valence-corrected chi connectivity index (χ3v) is 13.3. The van der Waals surface area contributed by atoms with E-state index in [1.807, 2.05) is 36.3 Å². The van der Waals surface area contributed by atoms with Crippen LogP contribution in [-0.4, -0.2) is 197 Å². The van der Waals surface area contributed by atoms with Crippen molar-refractivity contribution in [2.75, 3.05) is 75.3 Å². The summed E-state index contributed by atoms with van der Waals surface area (Å²) in [7, 11) is 8.68. The number of rotatable bonds is 30. The molecule has 0 bridgehead atoms. The number of hydrogen-bond donors (Lipinski definition) is 4. The van der Waals surface area contributed by atoms with Crippen LogP contribution in [0.3, 0.4) is 0 Å². The van der Waals surface area contributed by atoms with E-state index in [4.69, 9.17) is 25.4 Å². The first-order chi connectivity index (χ1) is 34.5. The van der Waals surface area contributed by atoms with Crippen molar-refractivity contribution in [2.45, 2.75) is 135 Å². The first-order valence-electron chi connectivity index (χ1n) is 24.9. The van der Waals surface area contributed by atoms with Crippen LogP contribution in [0, 0.1) is 30.1 Å². The second-order valence-corrected chi connectivity index (χ2v) is 19.2. The third-order valence-electron chi connectivity index (χ3n) is 13.3. The number of esters is 1. The summed E-state index contributed by atoms with van der Waals surface area (Å²) in [5, 5.41) is 10.9. The first-order valence-corrected chi connectivity index (χ1v) is 24.9. The van der Waals surface area contributed by atoms with Crippen molar-refractivity contribution in [2.24, 2.45) is 17.8 Å². The molecule has 73 heavy (non-hydrogen) atoms. The highest BCUT2D eigenvalue weighted by molar-refractivity contribution is 5.95. The molecule has 1 unspecified atom stereocenters. The van der Waals surface area contributed by atoms with Crippen LogP contribution in [0.2, 0.25) is 0 Å². The molecular weight excluding hydrogens is 945 g/mol.